The molecule has 0 radical (unpaired) electrons. The van der Waals surface area contributed by atoms with Crippen molar-refractivity contribution in [3.63, 3.8) is 0 Å². The van der Waals surface area contributed by atoms with Gasteiger partial charge in [0.2, 0.25) is 0 Å². The van der Waals surface area contributed by atoms with E-state index in [0.29, 0.717) is 6.42 Å². The Morgan fingerprint density at radius 3 is 2.65 bits per heavy atom. The van der Waals surface area contributed by atoms with Gasteiger partial charge in [-0.15, -0.1) is 0 Å². The Morgan fingerprint density at radius 1 is 1.09 bits per heavy atom. The molecule has 0 amide bonds. The zero-order valence-corrected chi connectivity index (χ0v) is 14.2. The van der Waals surface area contributed by atoms with Gasteiger partial charge >= 0.3 is 5.97 Å². The van der Waals surface area contributed by atoms with Crippen molar-refractivity contribution in [2.75, 3.05) is 0 Å². The van der Waals surface area contributed by atoms with Crippen molar-refractivity contribution in [2.24, 2.45) is 0 Å². The highest BCUT2D eigenvalue weighted by molar-refractivity contribution is 5.66. The third-order valence-corrected chi connectivity index (χ3v) is 3.63. The molecule has 0 aliphatic carbocycles. The topological polar surface area (TPSA) is 49.8 Å². The lowest BCUT2D eigenvalue weighted by Gasteiger charge is -1.90. The number of unbranched alkanes of at least 4 members (excludes halogenated alkanes) is 4. The van der Waals surface area contributed by atoms with E-state index < -0.39 is 5.97 Å². The molecule has 0 aromatic carbocycles. The second-order valence-corrected chi connectivity index (χ2v) is 5.80. The van der Waals surface area contributed by atoms with E-state index in [1.807, 2.05) is 12.2 Å². The third kappa shape index (κ3) is 11.5. The van der Waals surface area contributed by atoms with Gasteiger partial charge in [-0.2, -0.15) is 0 Å². The summed E-state index contributed by atoms with van der Waals surface area (Å²) in [7, 11) is 0. The smallest absolute Gasteiger partial charge is 0.303 e. The number of allylic oxidation sites excluding steroid dienone is 6. The van der Waals surface area contributed by atoms with Crippen molar-refractivity contribution >= 4 is 5.97 Å². The fraction of sp³-hybridized carbons (Fsp3) is 0.550. The van der Waals surface area contributed by atoms with Gasteiger partial charge < -0.3 is 9.84 Å². The minimum Gasteiger partial charge on any atom is -0.483 e. The molecule has 1 N–H and O–H groups in total. The van der Waals surface area contributed by atoms with Crippen LogP contribution in [0.4, 0.5) is 0 Å². The molecule has 0 aromatic rings. The van der Waals surface area contributed by atoms with Gasteiger partial charge in [0.1, 0.15) is 5.76 Å². The molecule has 1 fully saturated rings. The molecule has 23 heavy (non-hydrogen) atoms. The third-order valence-electron chi connectivity index (χ3n) is 3.63. The maximum atomic E-state index is 10.4. The van der Waals surface area contributed by atoms with Gasteiger partial charge in [0, 0.05) is 12.8 Å². The van der Waals surface area contributed by atoms with Crippen LogP contribution in [0.25, 0.3) is 0 Å². The van der Waals surface area contributed by atoms with E-state index in [1.165, 1.54) is 25.7 Å². The number of ether oxygens (including phenoxy) is 1. The molecule has 3 nitrogen and oxygen atoms in total. The number of carbonyl (C=O) groups is 1. The molecular weight excluding hydrogens is 288 g/mol. The molecule has 3 heteroatoms. The van der Waals surface area contributed by atoms with Crippen molar-refractivity contribution < 1.29 is 14.6 Å². The van der Waals surface area contributed by atoms with E-state index in [-0.39, 0.29) is 12.5 Å². The summed E-state index contributed by atoms with van der Waals surface area (Å²) in [6.45, 7) is 2.22. The minimum atomic E-state index is -0.725. The molecule has 1 heterocycles. The van der Waals surface area contributed by atoms with Crippen molar-refractivity contribution in [1.82, 2.24) is 0 Å². The number of aliphatic carboxylic acids is 1. The van der Waals surface area contributed by atoms with E-state index in [1.54, 1.807) is 0 Å². The van der Waals surface area contributed by atoms with Crippen LogP contribution in [0.3, 0.4) is 0 Å². The predicted octanol–water partition coefficient (Wildman–Crippen LogP) is 5.55. The lowest BCUT2D eigenvalue weighted by molar-refractivity contribution is -0.137. The second-order valence-electron chi connectivity index (χ2n) is 5.80. The average molecular weight is 318 g/mol. The fourth-order valence-electron chi connectivity index (χ4n) is 2.20. The first-order valence-corrected chi connectivity index (χ1v) is 8.79. The van der Waals surface area contributed by atoms with Crippen molar-refractivity contribution in [3.05, 3.63) is 48.3 Å². The molecule has 0 saturated carbocycles. The van der Waals surface area contributed by atoms with Gasteiger partial charge in [-0.05, 0) is 38.2 Å². The maximum Gasteiger partial charge on any atom is 0.303 e. The molecule has 1 atom stereocenters. The number of carboxylic acids is 1. The Hall–Kier alpha value is -1.77. The summed E-state index contributed by atoms with van der Waals surface area (Å²) >= 11 is 0. The Balaban J connectivity index is 2.01. The number of epoxide rings is 1. The van der Waals surface area contributed by atoms with E-state index in [0.717, 1.165) is 25.0 Å². The van der Waals surface area contributed by atoms with Crippen molar-refractivity contribution in [3.8, 4) is 0 Å². The zero-order valence-electron chi connectivity index (χ0n) is 14.2. The van der Waals surface area contributed by atoms with Crippen LogP contribution in [0.15, 0.2) is 48.3 Å². The molecule has 0 spiro atoms. The van der Waals surface area contributed by atoms with E-state index in [4.69, 9.17) is 9.84 Å². The normalized spacial score (nSPS) is 19.2. The van der Waals surface area contributed by atoms with E-state index in [2.05, 4.69) is 37.3 Å². The molecule has 1 aliphatic heterocycles. The first kappa shape index (κ1) is 19.3. The van der Waals surface area contributed by atoms with E-state index in [9.17, 15) is 4.79 Å². The quantitative estimate of drug-likeness (QED) is 0.275. The lowest BCUT2D eigenvalue weighted by atomic mass is 10.2. The van der Waals surface area contributed by atoms with Crippen LogP contribution in [0.2, 0.25) is 0 Å². The fourth-order valence-corrected chi connectivity index (χ4v) is 2.20. The summed E-state index contributed by atoms with van der Waals surface area (Å²) < 4.78 is 5.48. The largest absolute Gasteiger partial charge is 0.483 e. The molecule has 1 aliphatic rings. The number of rotatable bonds is 13. The average Bonchev–Trinajstić information content (AvgIpc) is 3.27. The van der Waals surface area contributed by atoms with Gasteiger partial charge in [0.05, 0.1) is 0 Å². The number of hydrogen-bond acceptors (Lipinski definition) is 2. The summed E-state index contributed by atoms with van der Waals surface area (Å²) in [5.74, 6) is 0.320. The molecule has 0 aromatic heterocycles. The van der Waals surface area contributed by atoms with Crippen LogP contribution >= 0.6 is 0 Å². The molecular formula is C20H30O3. The predicted molar refractivity (Wildman–Crippen MR) is 95.2 cm³/mol. The SMILES string of the molecule is CCCCCC=CCC=CC=C1OC1CC=CCCCC(=O)O. The summed E-state index contributed by atoms with van der Waals surface area (Å²) in [6, 6.07) is 0. The molecule has 1 unspecified atom stereocenters. The minimum absolute atomic E-state index is 0.222. The second kappa shape index (κ2) is 12.7. The summed E-state index contributed by atoms with van der Waals surface area (Å²) in [4.78, 5) is 10.4. The highest BCUT2D eigenvalue weighted by Crippen LogP contribution is 2.30. The monoisotopic (exact) mass is 318 g/mol. The molecule has 0 bridgehead atoms. The first-order chi connectivity index (χ1) is 11.2. The van der Waals surface area contributed by atoms with Crippen LogP contribution in [0.1, 0.15) is 64.7 Å². The van der Waals surface area contributed by atoms with Gasteiger partial charge in [-0.25, -0.2) is 0 Å². The van der Waals surface area contributed by atoms with Crippen LogP contribution in [0.5, 0.6) is 0 Å². The Kier molecular flexibility index (Phi) is 10.7. The standard InChI is InChI=1S/C20H30O3/c1-2-3-4-5-6-7-8-9-12-15-18-19(23-18)16-13-10-11-14-17-20(21)22/h6-7,9-10,12-13,15,19H,2-5,8,11,14,16-17H2,1H3,(H,21,22). The van der Waals surface area contributed by atoms with Crippen molar-refractivity contribution in [2.45, 2.75) is 70.8 Å². The molecule has 1 saturated heterocycles. The number of carboxylic acid groups (broad SMARTS) is 1. The molecule has 1 rings (SSSR count). The zero-order chi connectivity index (χ0) is 16.8. The van der Waals surface area contributed by atoms with Crippen LogP contribution < -0.4 is 0 Å². The van der Waals surface area contributed by atoms with Gasteiger partial charge in [-0.3, -0.25) is 4.79 Å². The van der Waals surface area contributed by atoms with Crippen molar-refractivity contribution in [1.29, 1.82) is 0 Å². The molecule has 128 valence electrons. The Morgan fingerprint density at radius 2 is 1.87 bits per heavy atom. The number of hydrogen-bond donors (Lipinski definition) is 1. The Bertz CT molecular complexity index is 444. The van der Waals surface area contributed by atoms with Crippen LogP contribution in [-0.2, 0) is 9.53 Å². The first-order valence-electron chi connectivity index (χ1n) is 8.79. The summed E-state index contributed by atoms with van der Waals surface area (Å²) in [5.41, 5.74) is 0. The summed E-state index contributed by atoms with van der Waals surface area (Å²) in [6.07, 6.45) is 23.8. The maximum absolute atomic E-state index is 10.4. The van der Waals surface area contributed by atoms with Crippen LogP contribution in [-0.4, -0.2) is 17.2 Å². The Labute approximate surface area is 140 Å². The van der Waals surface area contributed by atoms with E-state index >= 15 is 0 Å². The lowest BCUT2D eigenvalue weighted by Crippen LogP contribution is -1.92. The highest BCUT2D eigenvalue weighted by atomic mass is 16.6. The van der Waals surface area contributed by atoms with Gasteiger partial charge in [-0.1, -0.05) is 56.2 Å². The summed E-state index contributed by atoms with van der Waals surface area (Å²) in [5, 5.41) is 8.53. The highest BCUT2D eigenvalue weighted by Gasteiger charge is 2.29. The van der Waals surface area contributed by atoms with Gasteiger partial charge in [0.15, 0.2) is 6.10 Å². The van der Waals surface area contributed by atoms with Gasteiger partial charge in [0.25, 0.3) is 0 Å². The van der Waals surface area contributed by atoms with Crippen LogP contribution in [0, 0.1) is 0 Å².